The standard InChI is InChI=1S/C6H5N3O2/c10-3-6-7-2-1-5(9-6)8-4-11/h1-4H,(H,7,8,9,11). The van der Waals surface area contributed by atoms with Crippen molar-refractivity contribution in [2.24, 2.45) is 0 Å². The smallest absolute Gasteiger partial charge is 0.212 e. The SMILES string of the molecule is O=CNc1ccnc(C=O)n1. The molecule has 1 N–H and O–H groups in total. The monoisotopic (exact) mass is 151 g/mol. The van der Waals surface area contributed by atoms with Crippen molar-refractivity contribution >= 4 is 18.5 Å². The van der Waals surface area contributed by atoms with E-state index in [0.29, 0.717) is 18.5 Å². The van der Waals surface area contributed by atoms with Gasteiger partial charge in [-0.15, -0.1) is 0 Å². The van der Waals surface area contributed by atoms with Gasteiger partial charge in [-0.25, -0.2) is 9.97 Å². The van der Waals surface area contributed by atoms with Crippen LogP contribution in [0.1, 0.15) is 10.6 Å². The van der Waals surface area contributed by atoms with Gasteiger partial charge in [-0.2, -0.15) is 0 Å². The molecule has 0 unspecified atom stereocenters. The third kappa shape index (κ3) is 1.82. The van der Waals surface area contributed by atoms with E-state index in [-0.39, 0.29) is 5.82 Å². The molecule has 0 aliphatic carbocycles. The number of rotatable bonds is 3. The summed E-state index contributed by atoms with van der Waals surface area (Å²) in [6.07, 6.45) is 2.38. The topological polar surface area (TPSA) is 72.0 Å². The zero-order chi connectivity index (χ0) is 8.10. The average molecular weight is 151 g/mol. The van der Waals surface area contributed by atoms with Gasteiger partial charge in [0.1, 0.15) is 5.82 Å². The van der Waals surface area contributed by atoms with Crippen LogP contribution in [-0.2, 0) is 4.79 Å². The van der Waals surface area contributed by atoms with Gasteiger partial charge in [-0.05, 0) is 6.07 Å². The first kappa shape index (κ1) is 7.33. The van der Waals surface area contributed by atoms with Crippen LogP contribution in [-0.4, -0.2) is 22.7 Å². The normalized spacial score (nSPS) is 8.73. The Morgan fingerprint density at radius 3 is 2.91 bits per heavy atom. The van der Waals surface area contributed by atoms with Gasteiger partial charge < -0.3 is 5.32 Å². The molecule has 0 spiro atoms. The summed E-state index contributed by atoms with van der Waals surface area (Å²) in [5, 5.41) is 2.29. The van der Waals surface area contributed by atoms with Crippen LogP contribution in [0.5, 0.6) is 0 Å². The summed E-state index contributed by atoms with van der Waals surface area (Å²) in [6.45, 7) is 0. The number of nitrogens with zero attached hydrogens (tertiary/aromatic N) is 2. The fourth-order valence-corrected chi connectivity index (χ4v) is 0.571. The Morgan fingerprint density at radius 1 is 1.45 bits per heavy atom. The highest BCUT2D eigenvalue weighted by molar-refractivity contribution is 5.72. The van der Waals surface area contributed by atoms with Crippen LogP contribution in [0.4, 0.5) is 5.82 Å². The quantitative estimate of drug-likeness (QED) is 0.610. The molecule has 0 radical (unpaired) electrons. The highest BCUT2D eigenvalue weighted by Crippen LogP contribution is 1.97. The van der Waals surface area contributed by atoms with Crippen molar-refractivity contribution in [3.8, 4) is 0 Å². The lowest BCUT2D eigenvalue weighted by atomic mass is 10.5. The Hall–Kier alpha value is -1.78. The lowest BCUT2D eigenvalue weighted by Gasteiger charge is -1.94. The molecule has 0 bridgehead atoms. The summed E-state index contributed by atoms with van der Waals surface area (Å²) in [7, 11) is 0. The van der Waals surface area contributed by atoms with Gasteiger partial charge in [0.25, 0.3) is 0 Å². The zero-order valence-electron chi connectivity index (χ0n) is 5.52. The third-order valence-electron chi connectivity index (χ3n) is 0.986. The number of aldehydes is 1. The molecule has 0 aliphatic rings. The van der Waals surface area contributed by atoms with E-state index in [4.69, 9.17) is 0 Å². The number of amides is 1. The molecule has 0 atom stereocenters. The molecule has 0 fully saturated rings. The van der Waals surface area contributed by atoms with Gasteiger partial charge in [0.2, 0.25) is 6.41 Å². The van der Waals surface area contributed by atoms with Crippen molar-refractivity contribution < 1.29 is 9.59 Å². The second-order valence-electron chi connectivity index (χ2n) is 1.68. The van der Waals surface area contributed by atoms with Crippen molar-refractivity contribution in [3.05, 3.63) is 18.1 Å². The van der Waals surface area contributed by atoms with Crippen molar-refractivity contribution in [2.75, 3.05) is 5.32 Å². The van der Waals surface area contributed by atoms with E-state index in [1.807, 2.05) is 0 Å². The molecule has 1 amide bonds. The van der Waals surface area contributed by atoms with E-state index in [9.17, 15) is 9.59 Å². The van der Waals surface area contributed by atoms with Gasteiger partial charge in [0.15, 0.2) is 12.1 Å². The van der Waals surface area contributed by atoms with Crippen molar-refractivity contribution in [1.29, 1.82) is 0 Å². The molecule has 1 heterocycles. The molecule has 5 nitrogen and oxygen atoms in total. The van der Waals surface area contributed by atoms with E-state index in [1.165, 1.54) is 12.3 Å². The average Bonchev–Trinajstić information content (AvgIpc) is 2.06. The minimum absolute atomic E-state index is 0.0526. The summed E-state index contributed by atoms with van der Waals surface area (Å²) in [5.74, 6) is 0.369. The summed E-state index contributed by atoms with van der Waals surface area (Å²) in [4.78, 5) is 27.3. The van der Waals surface area contributed by atoms with Crippen LogP contribution in [0, 0.1) is 0 Å². The molecule has 1 rings (SSSR count). The minimum Gasteiger partial charge on any atom is -0.313 e. The molecule has 5 heteroatoms. The summed E-state index contributed by atoms with van der Waals surface area (Å²) in [5.41, 5.74) is 0. The number of carbonyl (C=O) groups is 2. The second-order valence-corrected chi connectivity index (χ2v) is 1.68. The van der Waals surface area contributed by atoms with E-state index in [2.05, 4.69) is 15.3 Å². The van der Waals surface area contributed by atoms with Crippen LogP contribution >= 0.6 is 0 Å². The molecule has 56 valence electrons. The highest BCUT2D eigenvalue weighted by Gasteiger charge is 1.94. The van der Waals surface area contributed by atoms with Crippen molar-refractivity contribution in [2.45, 2.75) is 0 Å². The number of carbonyl (C=O) groups excluding carboxylic acids is 2. The molecule has 11 heavy (non-hydrogen) atoms. The van der Waals surface area contributed by atoms with Gasteiger partial charge in [0.05, 0.1) is 0 Å². The van der Waals surface area contributed by atoms with Crippen LogP contribution < -0.4 is 5.32 Å². The highest BCUT2D eigenvalue weighted by atomic mass is 16.1. The number of hydrogen-bond acceptors (Lipinski definition) is 4. The minimum atomic E-state index is 0.0526. The lowest BCUT2D eigenvalue weighted by molar-refractivity contribution is -0.105. The first-order valence-corrected chi connectivity index (χ1v) is 2.85. The van der Waals surface area contributed by atoms with E-state index in [0.717, 1.165) is 0 Å². The summed E-state index contributed by atoms with van der Waals surface area (Å²) < 4.78 is 0. The van der Waals surface area contributed by atoms with E-state index in [1.54, 1.807) is 0 Å². The fraction of sp³-hybridized carbons (Fsp3) is 0. The molecule has 1 aromatic rings. The van der Waals surface area contributed by atoms with Crippen LogP contribution in [0.25, 0.3) is 0 Å². The van der Waals surface area contributed by atoms with Gasteiger partial charge in [-0.1, -0.05) is 0 Å². The van der Waals surface area contributed by atoms with Crippen LogP contribution in [0.15, 0.2) is 12.3 Å². The first-order chi connectivity index (χ1) is 5.36. The predicted octanol–water partition coefficient (Wildman–Crippen LogP) is -0.143. The maximum Gasteiger partial charge on any atom is 0.212 e. The molecular weight excluding hydrogens is 146 g/mol. The lowest BCUT2D eigenvalue weighted by Crippen LogP contribution is -2.00. The van der Waals surface area contributed by atoms with Crippen molar-refractivity contribution in [3.63, 3.8) is 0 Å². The van der Waals surface area contributed by atoms with Gasteiger partial charge in [-0.3, -0.25) is 9.59 Å². The molecule has 1 aromatic heterocycles. The molecular formula is C6H5N3O2. The van der Waals surface area contributed by atoms with E-state index >= 15 is 0 Å². The number of nitrogens with one attached hydrogen (secondary N) is 1. The Bertz CT molecular complexity index is 274. The Kier molecular flexibility index (Phi) is 2.27. The fourth-order valence-electron chi connectivity index (χ4n) is 0.571. The molecule has 0 aliphatic heterocycles. The third-order valence-corrected chi connectivity index (χ3v) is 0.986. The summed E-state index contributed by atoms with van der Waals surface area (Å²) in [6, 6.07) is 1.49. The number of hydrogen-bond donors (Lipinski definition) is 1. The molecule has 0 saturated carbocycles. The first-order valence-electron chi connectivity index (χ1n) is 2.85. The van der Waals surface area contributed by atoms with Gasteiger partial charge in [0, 0.05) is 6.20 Å². The predicted molar refractivity (Wildman–Crippen MR) is 37.1 cm³/mol. The number of anilines is 1. The Labute approximate surface area is 62.5 Å². The maximum absolute atomic E-state index is 10.1. The summed E-state index contributed by atoms with van der Waals surface area (Å²) >= 11 is 0. The largest absolute Gasteiger partial charge is 0.313 e. The second kappa shape index (κ2) is 3.40. The molecule has 0 aromatic carbocycles. The zero-order valence-corrected chi connectivity index (χ0v) is 5.52. The molecule has 0 saturated heterocycles. The Balaban J connectivity index is 2.90. The Morgan fingerprint density at radius 2 is 2.27 bits per heavy atom. The van der Waals surface area contributed by atoms with E-state index < -0.39 is 0 Å². The van der Waals surface area contributed by atoms with Gasteiger partial charge >= 0.3 is 0 Å². The van der Waals surface area contributed by atoms with Crippen LogP contribution in [0.2, 0.25) is 0 Å². The van der Waals surface area contributed by atoms with Crippen LogP contribution in [0.3, 0.4) is 0 Å². The van der Waals surface area contributed by atoms with Crippen molar-refractivity contribution in [1.82, 2.24) is 9.97 Å². The number of aromatic nitrogens is 2. The maximum atomic E-state index is 10.1.